The molecule has 3 fully saturated rings. The highest BCUT2D eigenvalue weighted by atomic mass is 32.1. The Labute approximate surface area is 263 Å². The molecule has 0 aliphatic heterocycles. The maximum atomic E-state index is 14.3. The van der Waals surface area contributed by atoms with E-state index in [9.17, 15) is 4.79 Å². The maximum Gasteiger partial charge on any atom is 0.313 e. The second-order valence-electron chi connectivity index (χ2n) is 16.6. The number of allylic oxidation sites excluding steroid dienone is 2. The molecule has 7 rings (SSSR count). The second kappa shape index (κ2) is 9.68. The molecule has 5 aliphatic carbocycles. The van der Waals surface area contributed by atoms with Gasteiger partial charge in [-0.1, -0.05) is 90.4 Å². The minimum atomic E-state index is -0.405. The van der Waals surface area contributed by atoms with Crippen molar-refractivity contribution in [2.75, 3.05) is 5.73 Å². The van der Waals surface area contributed by atoms with Gasteiger partial charge in [-0.3, -0.25) is 4.79 Å². The zero-order valence-electron chi connectivity index (χ0n) is 27.5. The molecule has 1 aromatic carbocycles. The molecule has 5 aliphatic rings. The van der Waals surface area contributed by atoms with Gasteiger partial charge in [-0.2, -0.15) is 0 Å². The molecular formula is C38H52N2O2S. The molecule has 1 aromatic heterocycles. The number of esters is 1. The molecule has 5 heteroatoms. The predicted molar refractivity (Wildman–Crippen MR) is 175 cm³/mol. The fourth-order valence-electron chi connectivity index (χ4n) is 12.0. The molecule has 0 bridgehead atoms. The molecule has 3 saturated carbocycles. The summed E-state index contributed by atoms with van der Waals surface area (Å²) in [6.45, 7) is 17.9. The zero-order chi connectivity index (χ0) is 30.6. The smallest absolute Gasteiger partial charge is 0.313 e. The molecule has 2 N–H and O–H groups in total. The van der Waals surface area contributed by atoms with Crippen molar-refractivity contribution in [2.45, 2.75) is 112 Å². The number of nitrogens with two attached hydrogens (primary N) is 1. The van der Waals surface area contributed by atoms with E-state index in [0.29, 0.717) is 30.3 Å². The summed E-state index contributed by atoms with van der Waals surface area (Å²) in [6, 6.07) is 10.2. The van der Waals surface area contributed by atoms with Crippen LogP contribution in [0.1, 0.15) is 110 Å². The SMILES string of the molecule is C[C@@H]1CCC2(C(=O)OCc3ccccc3)CC[C@]3(C)C(=CC[C@@H]4[C@@]5(C)Cc6sc(N)nc6C(C)(C)[C@@H]5CC[C@]43C)C2[C@H]1C. The lowest BCUT2D eigenvalue weighted by molar-refractivity contribution is -0.184. The average Bonchev–Trinajstić information content (AvgIpc) is 3.35. The quantitative estimate of drug-likeness (QED) is 0.282. The number of nitrogen functional groups attached to an aromatic ring is 1. The zero-order valence-corrected chi connectivity index (χ0v) is 28.3. The van der Waals surface area contributed by atoms with Gasteiger partial charge in [0.25, 0.3) is 0 Å². The maximum absolute atomic E-state index is 14.3. The van der Waals surface area contributed by atoms with E-state index >= 15 is 0 Å². The summed E-state index contributed by atoms with van der Waals surface area (Å²) in [7, 11) is 0. The number of fused-ring (bicyclic) bond motifs is 8. The van der Waals surface area contributed by atoms with Crippen LogP contribution in [0.15, 0.2) is 42.0 Å². The van der Waals surface area contributed by atoms with Gasteiger partial charge < -0.3 is 10.5 Å². The minimum absolute atomic E-state index is 0.0280. The van der Waals surface area contributed by atoms with Crippen LogP contribution in [0.5, 0.6) is 0 Å². The van der Waals surface area contributed by atoms with Gasteiger partial charge in [0.15, 0.2) is 5.13 Å². The Morgan fingerprint density at radius 1 is 1.00 bits per heavy atom. The normalized spacial score (nSPS) is 42.8. The summed E-state index contributed by atoms with van der Waals surface area (Å²) in [4.78, 5) is 20.6. The van der Waals surface area contributed by atoms with Gasteiger partial charge in [0.1, 0.15) is 6.61 Å². The minimum Gasteiger partial charge on any atom is -0.460 e. The van der Waals surface area contributed by atoms with E-state index < -0.39 is 5.41 Å². The molecule has 2 aromatic rings. The molecular weight excluding hydrogens is 548 g/mol. The fourth-order valence-corrected chi connectivity index (χ4v) is 13.2. The first-order chi connectivity index (χ1) is 20.3. The Morgan fingerprint density at radius 2 is 1.74 bits per heavy atom. The highest BCUT2D eigenvalue weighted by Gasteiger charge is 2.69. The number of carbonyl (C=O) groups is 1. The molecule has 0 radical (unpaired) electrons. The van der Waals surface area contributed by atoms with Crippen molar-refractivity contribution < 1.29 is 9.53 Å². The van der Waals surface area contributed by atoms with Crippen molar-refractivity contribution in [3.63, 3.8) is 0 Å². The molecule has 9 atom stereocenters. The van der Waals surface area contributed by atoms with Crippen LogP contribution in [0.2, 0.25) is 0 Å². The standard InChI is InChI=1S/C38H52N2O2S/c1-23-15-18-38(32(41)42-22-25-11-9-8-10-12-25)20-19-36(6)26(30(38)24(23)2)13-14-29-35(5)21-27-31(40-33(39)43-27)34(3,4)28(35)16-17-37(29,36)7/h8-13,23-24,28-30H,14-22H2,1-7H3,(H2,39,40)/t23-,24+,28+,29-,30?,35+,36-,37-,38?/m1/s1. The lowest BCUT2D eigenvalue weighted by Crippen LogP contribution is -2.65. The number of carbonyl (C=O) groups excluding carboxylic acids is 1. The van der Waals surface area contributed by atoms with Crippen LogP contribution in [0.4, 0.5) is 5.13 Å². The molecule has 2 unspecified atom stereocenters. The Morgan fingerprint density at radius 3 is 2.49 bits per heavy atom. The number of aromatic nitrogens is 1. The van der Waals surface area contributed by atoms with E-state index in [1.54, 1.807) is 16.9 Å². The monoisotopic (exact) mass is 600 g/mol. The Balaban J connectivity index is 1.27. The van der Waals surface area contributed by atoms with E-state index in [1.165, 1.54) is 23.4 Å². The number of thiazole rings is 1. The third-order valence-corrected chi connectivity index (χ3v) is 15.5. The van der Waals surface area contributed by atoms with Crippen molar-refractivity contribution in [3.05, 3.63) is 58.1 Å². The van der Waals surface area contributed by atoms with E-state index in [0.717, 1.165) is 49.2 Å². The molecule has 232 valence electrons. The van der Waals surface area contributed by atoms with Crippen molar-refractivity contribution in [1.29, 1.82) is 0 Å². The topological polar surface area (TPSA) is 65.2 Å². The van der Waals surface area contributed by atoms with Gasteiger partial charge in [0.05, 0.1) is 11.1 Å². The Hall–Kier alpha value is -2.14. The van der Waals surface area contributed by atoms with Crippen LogP contribution in [-0.4, -0.2) is 11.0 Å². The van der Waals surface area contributed by atoms with Crippen LogP contribution in [-0.2, 0) is 28.0 Å². The summed E-state index contributed by atoms with van der Waals surface area (Å²) in [5.41, 5.74) is 10.3. The highest BCUT2D eigenvalue weighted by Crippen LogP contribution is 2.75. The van der Waals surface area contributed by atoms with E-state index in [4.69, 9.17) is 15.5 Å². The van der Waals surface area contributed by atoms with Crippen LogP contribution >= 0.6 is 11.3 Å². The van der Waals surface area contributed by atoms with Crippen molar-refractivity contribution in [1.82, 2.24) is 4.98 Å². The summed E-state index contributed by atoms with van der Waals surface area (Å²) in [6.07, 6.45) is 11.4. The van der Waals surface area contributed by atoms with E-state index in [-0.39, 0.29) is 33.5 Å². The van der Waals surface area contributed by atoms with Crippen molar-refractivity contribution in [2.24, 2.45) is 51.2 Å². The lowest BCUT2D eigenvalue weighted by Gasteiger charge is -2.70. The molecule has 43 heavy (non-hydrogen) atoms. The molecule has 0 amide bonds. The Bertz CT molecular complexity index is 1460. The van der Waals surface area contributed by atoms with Gasteiger partial charge >= 0.3 is 5.97 Å². The van der Waals surface area contributed by atoms with Crippen LogP contribution in [0.3, 0.4) is 0 Å². The summed E-state index contributed by atoms with van der Waals surface area (Å²) in [5, 5.41) is 0.726. The third kappa shape index (κ3) is 3.91. The lowest BCUT2D eigenvalue weighted by atomic mass is 9.33. The van der Waals surface area contributed by atoms with Gasteiger partial charge in [-0.15, -0.1) is 11.3 Å². The molecule has 0 spiro atoms. The third-order valence-electron chi connectivity index (χ3n) is 14.6. The summed E-state index contributed by atoms with van der Waals surface area (Å²) in [5.74, 6) is 2.57. The van der Waals surface area contributed by atoms with Crippen LogP contribution in [0, 0.1) is 51.2 Å². The average molecular weight is 601 g/mol. The molecule has 4 nitrogen and oxygen atoms in total. The second-order valence-corrected chi connectivity index (χ2v) is 17.7. The van der Waals surface area contributed by atoms with Crippen LogP contribution < -0.4 is 5.73 Å². The molecule has 0 saturated heterocycles. The fraction of sp³-hybridized carbons (Fsp3) is 0.684. The van der Waals surface area contributed by atoms with Gasteiger partial charge in [-0.25, -0.2) is 4.98 Å². The highest BCUT2D eigenvalue weighted by molar-refractivity contribution is 7.15. The number of hydrogen-bond acceptors (Lipinski definition) is 5. The first kappa shape index (κ1) is 29.6. The van der Waals surface area contributed by atoms with Gasteiger partial charge in [-0.05, 0) is 103 Å². The number of rotatable bonds is 3. The largest absolute Gasteiger partial charge is 0.460 e. The van der Waals surface area contributed by atoms with Crippen molar-refractivity contribution in [3.8, 4) is 0 Å². The number of nitrogens with zero attached hydrogens (tertiary/aromatic N) is 1. The van der Waals surface area contributed by atoms with Crippen molar-refractivity contribution >= 4 is 22.4 Å². The number of hydrogen-bond donors (Lipinski definition) is 1. The van der Waals surface area contributed by atoms with E-state index in [2.05, 4.69) is 66.7 Å². The first-order valence-electron chi connectivity index (χ1n) is 17.0. The van der Waals surface area contributed by atoms with Gasteiger partial charge in [0.2, 0.25) is 0 Å². The first-order valence-corrected chi connectivity index (χ1v) is 17.8. The Kier molecular flexibility index (Phi) is 6.65. The number of anilines is 1. The molecule has 1 heterocycles. The van der Waals surface area contributed by atoms with Crippen LogP contribution in [0.25, 0.3) is 0 Å². The van der Waals surface area contributed by atoms with Gasteiger partial charge in [0, 0.05) is 10.3 Å². The summed E-state index contributed by atoms with van der Waals surface area (Å²) < 4.78 is 6.22. The number of ether oxygens (including phenoxy) is 1. The summed E-state index contributed by atoms with van der Waals surface area (Å²) >= 11 is 1.73. The predicted octanol–water partition coefficient (Wildman–Crippen LogP) is 9.14. The van der Waals surface area contributed by atoms with E-state index in [1.807, 2.05) is 18.2 Å². The number of benzene rings is 1.